The number of urea groups is 1. The predicted octanol–water partition coefficient (Wildman–Crippen LogP) is 1.78. The molecule has 1 aliphatic rings. The van der Waals surface area contributed by atoms with Crippen LogP contribution in [0, 0.1) is 0 Å². The van der Waals surface area contributed by atoms with E-state index in [-0.39, 0.29) is 18.5 Å². The first-order valence-electron chi connectivity index (χ1n) is 6.42. The fourth-order valence-electron chi connectivity index (χ4n) is 2.13. The molecular formula is C12H22N2O3S. The van der Waals surface area contributed by atoms with Crippen LogP contribution < -0.4 is 5.32 Å². The number of carboxylic acid groups (broad SMARTS) is 1. The molecule has 0 radical (unpaired) electrons. The van der Waals surface area contributed by atoms with Gasteiger partial charge in [0.1, 0.15) is 0 Å². The topological polar surface area (TPSA) is 69.6 Å². The minimum Gasteiger partial charge on any atom is -0.481 e. The van der Waals surface area contributed by atoms with Gasteiger partial charge in [0.05, 0.1) is 6.42 Å². The summed E-state index contributed by atoms with van der Waals surface area (Å²) in [5.41, 5.74) is 0. The maximum atomic E-state index is 12.0. The third kappa shape index (κ3) is 4.76. The molecule has 2 amide bonds. The predicted molar refractivity (Wildman–Crippen MR) is 73.0 cm³/mol. The number of nitrogens with zero attached hydrogens (tertiary/aromatic N) is 1. The van der Waals surface area contributed by atoms with Crippen molar-refractivity contribution in [2.75, 3.05) is 18.8 Å². The van der Waals surface area contributed by atoms with Crippen LogP contribution >= 0.6 is 11.8 Å². The van der Waals surface area contributed by atoms with Crippen molar-refractivity contribution in [1.82, 2.24) is 10.2 Å². The van der Waals surface area contributed by atoms with E-state index in [0.29, 0.717) is 18.3 Å². The molecule has 6 heteroatoms. The summed E-state index contributed by atoms with van der Waals surface area (Å²) in [6.45, 7) is 4.83. The zero-order valence-corrected chi connectivity index (χ0v) is 11.8. The molecular weight excluding hydrogens is 252 g/mol. The van der Waals surface area contributed by atoms with E-state index in [2.05, 4.69) is 5.32 Å². The summed E-state index contributed by atoms with van der Waals surface area (Å²) in [7, 11) is 0. The molecule has 0 saturated carbocycles. The van der Waals surface area contributed by atoms with Gasteiger partial charge in [-0.3, -0.25) is 4.79 Å². The van der Waals surface area contributed by atoms with E-state index in [1.165, 1.54) is 12.2 Å². The Hall–Kier alpha value is -0.910. The summed E-state index contributed by atoms with van der Waals surface area (Å²) in [4.78, 5) is 24.2. The number of carbonyl (C=O) groups excluding carboxylic acids is 1. The molecule has 1 saturated heterocycles. The van der Waals surface area contributed by atoms with Gasteiger partial charge in [0, 0.05) is 24.4 Å². The summed E-state index contributed by atoms with van der Waals surface area (Å²) in [6, 6.07) is -0.428. The molecule has 0 aromatic rings. The van der Waals surface area contributed by atoms with Crippen LogP contribution in [-0.2, 0) is 4.79 Å². The molecule has 0 spiro atoms. The van der Waals surface area contributed by atoms with E-state index >= 15 is 0 Å². The van der Waals surface area contributed by atoms with Crippen LogP contribution in [0.15, 0.2) is 0 Å². The first-order chi connectivity index (χ1) is 8.54. The Labute approximate surface area is 112 Å². The van der Waals surface area contributed by atoms with Crippen molar-refractivity contribution in [3.05, 3.63) is 0 Å². The third-order valence-corrected chi connectivity index (χ3v) is 4.51. The van der Waals surface area contributed by atoms with Crippen molar-refractivity contribution in [2.45, 2.75) is 44.4 Å². The average Bonchev–Trinajstić information content (AvgIpc) is 2.79. The number of carbonyl (C=O) groups is 2. The van der Waals surface area contributed by atoms with Gasteiger partial charge in [-0.2, -0.15) is 11.8 Å². The molecule has 0 aromatic carbocycles. The Kier molecular flexibility index (Phi) is 6.32. The van der Waals surface area contributed by atoms with Crippen LogP contribution in [-0.4, -0.2) is 52.1 Å². The third-order valence-electron chi connectivity index (χ3n) is 3.11. The second-order valence-corrected chi connectivity index (χ2v) is 5.96. The number of hydrogen-bond acceptors (Lipinski definition) is 3. The van der Waals surface area contributed by atoms with Gasteiger partial charge in [-0.25, -0.2) is 4.79 Å². The molecule has 104 valence electrons. The normalized spacial score (nSPS) is 20.4. The van der Waals surface area contributed by atoms with Crippen molar-refractivity contribution in [2.24, 2.45) is 0 Å². The standard InChI is InChI=1S/C12H22N2O3S/c1-3-14(9(2)7-11(15)16)12(17)13-8-10-5-4-6-18-10/h9-10H,3-8H2,1-2H3,(H,13,17)(H,15,16). The summed E-state index contributed by atoms with van der Waals surface area (Å²) < 4.78 is 0. The molecule has 1 aliphatic heterocycles. The summed E-state index contributed by atoms with van der Waals surface area (Å²) >= 11 is 1.90. The van der Waals surface area contributed by atoms with Gasteiger partial charge in [0.25, 0.3) is 0 Å². The largest absolute Gasteiger partial charge is 0.481 e. The number of amides is 2. The number of nitrogens with one attached hydrogen (secondary N) is 1. The summed E-state index contributed by atoms with van der Waals surface area (Å²) in [5, 5.41) is 12.2. The van der Waals surface area contributed by atoms with Gasteiger partial charge in [-0.15, -0.1) is 0 Å². The Morgan fingerprint density at radius 2 is 2.28 bits per heavy atom. The summed E-state index contributed by atoms with van der Waals surface area (Å²) in [6.07, 6.45) is 2.36. The lowest BCUT2D eigenvalue weighted by atomic mass is 10.2. The molecule has 0 aromatic heterocycles. The number of rotatable bonds is 6. The lowest BCUT2D eigenvalue weighted by Crippen LogP contribution is -2.47. The molecule has 18 heavy (non-hydrogen) atoms. The Morgan fingerprint density at radius 3 is 2.78 bits per heavy atom. The molecule has 2 atom stereocenters. The van der Waals surface area contributed by atoms with E-state index in [4.69, 9.17) is 5.11 Å². The molecule has 1 rings (SSSR count). The highest BCUT2D eigenvalue weighted by molar-refractivity contribution is 8.00. The van der Waals surface area contributed by atoms with Gasteiger partial charge in [0.2, 0.25) is 0 Å². The second-order valence-electron chi connectivity index (χ2n) is 4.55. The van der Waals surface area contributed by atoms with Crippen molar-refractivity contribution in [3.8, 4) is 0 Å². The van der Waals surface area contributed by atoms with Crippen LogP contribution in [0.2, 0.25) is 0 Å². The molecule has 1 heterocycles. The van der Waals surface area contributed by atoms with E-state index in [1.807, 2.05) is 18.7 Å². The van der Waals surface area contributed by atoms with Crippen LogP contribution in [0.3, 0.4) is 0 Å². The molecule has 2 unspecified atom stereocenters. The van der Waals surface area contributed by atoms with Gasteiger partial charge < -0.3 is 15.3 Å². The zero-order chi connectivity index (χ0) is 13.5. The maximum absolute atomic E-state index is 12.0. The Morgan fingerprint density at radius 1 is 1.56 bits per heavy atom. The quantitative estimate of drug-likeness (QED) is 0.774. The van der Waals surface area contributed by atoms with E-state index < -0.39 is 5.97 Å². The fraction of sp³-hybridized carbons (Fsp3) is 0.833. The highest BCUT2D eigenvalue weighted by atomic mass is 32.2. The lowest BCUT2D eigenvalue weighted by molar-refractivity contribution is -0.138. The maximum Gasteiger partial charge on any atom is 0.317 e. The zero-order valence-electron chi connectivity index (χ0n) is 11.0. The smallest absolute Gasteiger partial charge is 0.317 e. The Balaban J connectivity index is 2.37. The van der Waals surface area contributed by atoms with Crippen molar-refractivity contribution >= 4 is 23.8 Å². The number of aliphatic carboxylic acids is 1. The monoisotopic (exact) mass is 274 g/mol. The minimum absolute atomic E-state index is 0.0144. The molecule has 0 aliphatic carbocycles. The molecule has 2 N–H and O–H groups in total. The van der Waals surface area contributed by atoms with Crippen LogP contribution in [0.5, 0.6) is 0 Å². The SMILES string of the molecule is CCN(C(=O)NCC1CCCS1)C(C)CC(=O)O. The minimum atomic E-state index is -0.875. The molecule has 1 fully saturated rings. The Bertz CT molecular complexity index is 293. The first-order valence-corrected chi connectivity index (χ1v) is 7.47. The fourth-order valence-corrected chi connectivity index (χ4v) is 3.33. The average molecular weight is 274 g/mol. The molecule has 0 bridgehead atoms. The lowest BCUT2D eigenvalue weighted by Gasteiger charge is -2.27. The van der Waals surface area contributed by atoms with Crippen molar-refractivity contribution in [3.63, 3.8) is 0 Å². The van der Waals surface area contributed by atoms with Gasteiger partial charge in [-0.1, -0.05) is 0 Å². The molecule has 5 nitrogen and oxygen atoms in total. The highest BCUT2D eigenvalue weighted by Crippen LogP contribution is 2.25. The van der Waals surface area contributed by atoms with Crippen LogP contribution in [0.1, 0.15) is 33.1 Å². The summed E-state index contributed by atoms with van der Waals surface area (Å²) in [5.74, 6) is 0.299. The number of thioether (sulfide) groups is 1. The van der Waals surface area contributed by atoms with E-state index in [9.17, 15) is 9.59 Å². The number of hydrogen-bond donors (Lipinski definition) is 2. The van der Waals surface area contributed by atoms with Gasteiger partial charge >= 0.3 is 12.0 Å². The van der Waals surface area contributed by atoms with Crippen LogP contribution in [0.4, 0.5) is 4.79 Å². The first kappa shape index (κ1) is 15.1. The number of carboxylic acids is 1. The highest BCUT2D eigenvalue weighted by Gasteiger charge is 2.22. The van der Waals surface area contributed by atoms with Crippen LogP contribution in [0.25, 0.3) is 0 Å². The van der Waals surface area contributed by atoms with Gasteiger partial charge in [0.15, 0.2) is 0 Å². The van der Waals surface area contributed by atoms with Gasteiger partial charge in [-0.05, 0) is 32.4 Å². The second kappa shape index (κ2) is 7.51. The van der Waals surface area contributed by atoms with E-state index in [0.717, 1.165) is 6.42 Å². The van der Waals surface area contributed by atoms with Crippen molar-refractivity contribution < 1.29 is 14.7 Å². The van der Waals surface area contributed by atoms with E-state index in [1.54, 1.807) is 11.8 Å². The van der Waals surface area contributed by atoms with Crippen molar-refractivity contribution in [1.29, 1.82) is 0 Å².